The fourth-order valence-electron chi connectivity index (χ4n) is 5.52. The molecule has 40 heavy (non-hydrogen) atoms. The Bertz CT molecular complexity index is 1190. The molecule has 0 amide bonds. The van der Waals surface area contributed by atoms with Crippen LogP contribution < -0.4 is 4.31 Å². The number of likely N-dealkylation sites (tertiary alicyclic amines) is 1. The van der Waals surface area contributed by atoms with E-state index in [-0.39, 0.29) is 22.8 Å². The van der Waals surface area contributed by atoms with Crippen molar-refractivity contribution in [2.45, 2.75) is 89.2 Å². The van der Waals surface area contributed by atoms with Crippen molar-refractivity contribution in [3.8, 4) is 0 Å². The molecular weight excluding hydrogens is 555 g/mol. The molecule has 0 radical (unpaired) electrons. The summed E-state index contributed by atoms with van der Waals surface area (Å²) in [5.74, 6) is 4.63. The molecule has 1 saturated carbocycles. The van der Waals surface area contributed by atoms with Crippen molar-refractivity contribution in [2.75, 3.05) is 17.4 Å². The van der Waals surface area contributed by atoms with Crippen LogP contribution >= 0.6 is 22.3 Å². The van der Waals surface area contributed by atoms with Crippen molar-refractivity contribution in [1.82, 2.24) is 9.88 Å². The van der Waals surface area contributed by atoms with Crippen LogP contribution in [0.4, 0.5) is 18.9 Å². The number of rotatable bonds is 8. The van der Waals surface area contributed by atoms with Crippen LogP contribution in [0.2, 0.25) is 5.02 Å². The maximum atomic E-state index is 13.6. The van der Waals surface area contributed by atoms with Crippen molar-refractivity contribution in [2.24, 2.45) is 10.2 Å². The van der Waals surface area contributed by atoms with Gasteiger partial charge in [0.2, 0.25) is 0 Å². The van der Waals surface area contributed by atoms with Gasteiger partial charge in [0, 0.05) is 40.2 Å². The van der Waals surface area contributed by atoms with Crippen molar-refractivity contribution in [3.63, 3.8) is 0 Å². The number of aromatic nitrogens is 1. The molecule has 10 heteroatoms. The zero-order chi connectivity index (χ0) is 28.6. The second kappa shape index (κ2) is 14.6. The van der Waals surface area contributed by atoms with Crippen LogP contribution in [0, 0.1) is 0 Å². The molecule has 2 aromatic rings. The number of hydrogen-bond acceptors (Lipinski definition) is 5. The standard InChI is InChI=1S/C28H33ClF3N5S.C2H6/c1-38(25-11-13-36(14-12-25)23-9-6-21(30)7-10-23)37(24-4-2-3-20(29)15-24)18-22-8-5-19(17-33-22)26-16-27(28(31)32)35-34-26;1-2/h2-5,8,15,17,21,23,25,28H,1,6-7,9-14,16,18H2;1-2H3. The van der Waals surface area contributed by atoms with Gasteiger partial charge in [0.05, 0.1) is 18.0 Å². The molecule has 1 aromatic heterocycles. The smallest absolute Gasteiger partial charge is 0.278 e. The van der Waals surface area contributed by atoms with Crippen molar-refractivity contribution in [3.05, 3.63) is 58.9 Å². The van der Waals surface area contributed by atoms with E-state index in [4.69, 9.17) is 11.6 Å². The molecule has 1 unspecified atom stereocenters. The number of hydrogen-bond donors (Lipinski definition) is 0. The highest BCUT2D eigenvalue weighted by molar-refractivity contribution is 8.15. The first-order valence-corrected chi connectivity index (χ1v) is 16.0. The fraction of sp³-hybridized carbons (Fsp3) is 0.533. The Balaban J connectivity index is 0.00000181. The summed E-state index contributed by atoms with van der Waals surface area (Å²) in [6.45, 7) is 6.60. The van der Waals surface area contributed by atoms with Gasteiger partial charge in [-0.1, -0.05) is 48.1 Å². The molecule has 3 heterocycles. The molecule has 5 nitrogen and oxygen atoms in total. The average Bonchev–Trinajstić information content (AvgIpc) is 3.49. The lowest BCUT2D eigenvalue weighted by Gasteiger charge is -2.42. The van der Waals surface area contributed by atoms with E-state index in [0.29, 0.717) is 47.0 Å². The van der Waals surface area contributed by atoms with Gasteiger partial charge in [0.1, 0.15) is 11.9 Å². The van der Waals surface area contributed by atoms with E-state index >= 15 is 0 Å². The summed E-state index contributed by atoms with van der Waals surface area (Å²) in [5.41, 5.74) is 2.85. The lowest BCUT2D eigenvalue weighted by molar-refractivity contribution is 0.104. The minimum absolute atomic E-state index is 0.0452. The van der Waals surface area contributed by atoms with Crippen molar-refractivity contribution < 1.29 is 13.2 Å². The molecule has 0 bridgehead atoms. The third-order valence-electron chi connectivity index (χ3n) is 7.75. The van der Waals surface area contributed by atoms with Gasteiger partial charge in [0.15, 0.2) is 0 Å². The minimum atomic E-state index is -2.60. The summed E-state index contributed by atoms with van der Waals surface area (Å²) < 4.78 is 41.8. The molecular formula is C30H39ClF3N5S. The minimum Gasteiger partial charge on any atom is -0.316 e. The van der Waals surface area contributed by atoms with E-state index in [1.807, 2.05) is 50.2 Å². The van der Waals surface area contributed by atoms with E-state index in [2.05, 4.69) is 30.3 Å². The van der Waals surface area contributed by atoms with Gasteiger partial charge in [0.25, 0.3) is 6.43 Å². The van der Waals surface area contributed by atoms with Crippen LogP contribution in [0.3, 0.4) is 0 Å². The zero-order valence-corrected chi connectivity index (χ0v) is 24.9. The number of alkyl halides is 3. The van der Waals surface area contributed by atoms with Gasteiger partial charge in [-0.2, -0.15) is 10.2 Å². The van der Waals surface area contributed by atoms with Gasteiger partial charge >= 0.3 is 0 Å². The van der Waals surface area contributed by atoms with Crippen LogP contribution in [-0.4, -0.2) is 64.2 Å². The van der Waals surface area contributed by atoms with Gasteiger partial charge in [-0.05, 0) is 81.9 Å². The Labute approximate surface area is 243 Å². The molecule has 1 saturated heterocycles. The highest BCUT2D eigenvalue weighted by Crippen LogP contribution is 2.39. The Morgan fingerprint density at radius 3 is 2.38 bits per heavy atom. The number of piperidine rings is 1. The summed E-state index contributed by atoms with van der Waals surface area (Å²) in [6.07, 6.45) is 3.90. The van der Waals surface area contributed by atoms with E-state index < -0.39 is 12.6 Å². The Morgan fingerprint density at radius 1 is 1.05 bits per heavy atom. The Morgan fingerprint density at radius 2 is 1.77 bits per heavy atom. The average molecular weight is 594 g/mol. The maximum Gasteiger partial charge on any atom is 0.278 e. The van der Waals surface area contributed by atoms with Gasteiger partial charge in [-0.3, -0.25) is 4.98 Å². The van der Waals surface area contributed by atoms with Crippen LogP contribution in [0.25, 0.3) is 0 Å². The zero-order valence-electron chi connectivity index (χ0n) is 23.3. The Kier molecular flexibility index (Phi) is 11.2. The second-order valence-electron chi connectivity index (χ2n) is 10.2. The van der Waals surface area contributed by atoms with Crippen molar-refractivity contribution in [1.29, 1.82) is 0 Å². The number of nitrogens with zero attached hydrogens (tertiary/aromatic N) is 5. The second-order valence-corrected chi connectivity index (χ2v) is 12.6. The SMILES string of the molecule is C=S(C1CCN(C2CCC(F)CC2)CC1)N(Cc1ccc(C2=NN=C(C(F)F)C2)cn1)c1cccc(Cl)c1.CC. The highest BCUT2D eigenvalue weighted by Gasteiger charge is 2.31. The lowest BCUT2D eigenvalue weighted by atomic mass is 9.91. The van der Waals surface area contributed by atoms with Crippen LogP contribution in [0.15, 0.2) is 52.8 Å². The van der Waals surface area contributed by atoms with Crippen LogP contribution in [0.5, 0.6) is 0 Å². The van der Waals surface area contributed by atoms with Crippen molar-refractivity contribution >= 4 is 45.3 Å². The largest absolute Gasteiger partial charge is 0.316 e. The molecule has 1 aliphatic carbocycles. The van der Waals surface area contributed by atoms with Crippen LogP contribution in [-0.2, 0) is 6.54 Å². The molecule has 0 spiro atoms. The number of anilines is 1. The lowest BCUT2D eigenvalue weighted by Crippen LogP contribution is -2.44. The maximum absolute atomic E-state index is 13.6. The molecule has 1 atom stereocenters. The third-order valence-corrected chi connectivity index (χ3v) is 10.1. The number of pyridine rings is 1. The fourth-order valence-corrected chi connectivity index (χ4v) is 7.50. The van der Waals surface area contributed by atoms with E-state index in [1.165, 1.54) is 0 Å². The molecule has 3 aliphatic rings. The summed E-state index contributed by atoms with van der Waals surface area (Å²) in [7, 11) is -0.324. The molecule has 2 fully saturated rings. The van der Waals surface area contributed by atoms with E-state index in [0.717, 1.165) is 50.2 Å². The first-order chi connectivity index (χ1) is 19.4. The van der Waals surface area contributed by atoms with Gasteiger partial charge < -0.3 is 9.21 Å². The molecule has 218 valence electrons. The highest BCUT2D eigenvalue weighted by atomic mass is 35.5. The number of benzene rings is 1. The quantitative estimate of drug-likeness (QED) is 0.292. The summed E-state index contributed by atoms with van der Waals surface area (Å²) in [5, 5.41) is 8.62. The predicted molar refractivity (Wildman–Crippen MR) is 164 cm³/mol. The molecule has 2 aliphatic heterocycles. The first kappa shape index (κ1) is 30.7. The van der Waals surface area contributed by atoms with Gasteiger partial charge in [-0.15, -0.1) is 0 Å². The third kappa shape index (κ3) is 7.74. The summed E-state index contributed by atoms with van der Waals surface area (Å²) in [6, 6.07) is 12.1. The molecule has 1 aromatic carbocycles. The van der Waals surface area contributed by atoms with E-state index in [9.17, 15) is 13.2 Å². The van der Waals surface area contributed by atoms with Gasteiger partial charge in [-0.25, -0.2) is 13.2 Å². The summed E-state index contributed by atoms with van der Waals surface area (Å²) >= 11 is 6.35. The number of halogens is 4. The topological polar surface area (TPSA) is 44.1 Å². The monoisotopic (exact) mass is 593 g/mol. The first-order valence-electron chi connectivity index (χ1n) is 14.2. The molecule has 5 rings (SSSR count). The summed E-state index contributed by atoms with van der Waals surface area (Å²) in [4.78, 5) is 7.19. The Hall–Kier alpha value is -2.23. The van der Waals surface area contributed by atoms with Crippen LogP contribution in [0.1, 0.15) is 70.1 Å². The molecule has 0 N–H and O–H groups in total. The normalized spacial score (nSPS) is 22.8. The van der Waals surface area contributed by atoms with E-state index in [1.54, 1.807) is 6.20 Å². The predicted octanol–water partition coefficient (Wildman–Crippen LogP) is 7.94.